The summed E-state index contributed by atoms with van der Waals surface area (Å²) in [5.74, 6) is 0.723. The quantitative estimate of drug-likeness (QED) is 0.454. The molecule has 0 bridgehead atoms. The minimum Gasteiger partial charge on any atom is -0.474 e. The van der Waals surface area contributed by atoms with Crippen LogP contribution >= 0.6 is 0 Å². The van der Waals surface area contributed by atoms with Crippen LogP contribution in [0.5, 0.6) is 5.88 Å². The van der Waals surface area contributed by atoms with Crippen molar-refractivity contribution in [2.45, 2.75) is 70.3 Å². The normalized spacial score (nSPS) is 25.3. The van der Waals surface area contributed by atoms with E-state index >= 15 is 0 Å². The number of carbonyl (C=O) groups is 1. The smallest absolute Gasteiger partial charge is 0.389 e. The maximum atomic E-state index is 12.9. The fourth-order valence-electron chi connectivity index (χ4n) is 5.89. The van der Waals surface area contributed by atoms with Crippen molar-refractivity contribution in [1.29, 1.82) is 0 Å². The molecule has 2 aromatic rings. The number of morpholine rings is 1. The summed E-state index contributed by atoms with van der Waals surface area (Å²) in [7, 11) is 0. The highest BCUT2D eigenvalue weighted by Crippen LogP contribution is 2.35. The number of amides is 2. The number of likely N-dealkylation sites (tertiary alicyclic amines) is 1. The number of hydrogen-bond donors (Lipinski definition) is 2. The van der Waals surface area contributed by atoms with Crippen molar-refractivity contribution in [3.05, 3.63) is 35.9 Å². The largest absolute Gasteiger partial charge is 0.474 e. The van der Waals surface area contributed by atoms with Crippen LogP contribution in [-0.4, -0.2) is 78.3 Å². The van der Waals surface area contributed by atoms with Crippen LogP contribution in [0.25, 0.3) is 11.1 Å². The molecule has 11 heteroatoms. The van der Waals surface area contributed by atoms with E-state index in [0.717, 1.165) is 35.3 Å². The lowest BCUT2D eigenvalue weighted by molar-refractivity contribution is -0.143. The molecule has 2 saturated heterocycles. The minimum atomic E-state index is -4.23. The van der Waals surface area contributed by atoms with Gasteiger partial charge >= 0.3 is 12.2 Å². The van der Waals surface area contributed by atoms with Gasteiger partial charge in [0.05, 0.1) is 18.8 Å². The Bertz CT molecular complexity index is 1220. The van der Waals surface area contributed by atoms with Crippen molar-refractivity contribution in [3.63, 3.8) is 0 Å². The Labute approximate surface area is 238 Å². The number of aryl methyl sites for hydroxylation is 1. The van der Waals surface area contributed by atoms with Crippen molar-refractivity contribution in [2.24, 2.45) is 5.92 Å². The van der Waals surface area contributed by atoms with E-state index in [0.29, 0.717) is 63.7 Å². The Balaban J connectivity index is 1.36. The average molecular weight is 577 g/mol. The van der Waals surface area contributed by atoms with Gasteiger partial charge in [-0.1, -0.05) is 6.07 Å². The number of rotatable bonds is 6. The van der Waals surface area contributed by atoms with E-state index in [1.54, 1.807) is 6.07 Å². The van der Waals surface area contributed by atoms with Gasteiger partial charge < -0.3 is 29.7 Å². The molecule has 1 atom stereocenters. The van der Waals surface area contributed by atoms with Gasteiger partial charge in [0.15, 0.2) is 0 Å². The number of urea groups is 1. The lowest BCUT2D eigenvalue weighted by atomic mass is 9.85. The first kappa shape index (κ1) is 29.4. The zero-order valence-electron chi connectivity index (χ0n) is 23.7. The van der Waals surface area contributed by atoms with E-state index in [1.807, 2.05) is 38.1 Å². The van der Waals surface area contributed by atoms with E-state index in [9.17, 15) is 23.1 Å². The second-order valence-corrected chi connectivity index (χ2v) is 11.8. The van der Waals surface area contributed by atoms with Crippen LogP contribution in [0, 0.1) is 12.8 Å². The van der Waals surface area contributed by atoms with Gasteiger partial charge in [-0.25, -0.2) is 4.79 Å². The third kappa shape index (κ3) is 7.82. The van der Waals surface area contributed by atoms with Crippen molar-refractivity contribution in [2.75, 3.05) is 49.6 Å². The molecule has 5 rings (SSSR count). The molecule has 1 aromatic carbocycles. The first-order valence-electron chi connectivity index (χ1n) is 14.4. The Kier molecular flexibility index (Phi) is 8.65. The third-order valence-corrected chi connectivity index (χ3v) is 8.31. The second kappa shape index (κ2) is 12.1. The molecular weight excluding hydrogens is 537 g/mol. The van der Waals surface area contributed by atoms with Crippen molar-refractivity contribution >= 4 is 17.5 Å². The molecule has 1 aromatic heterocycles. The Morgan fingerprint density at radius 1 is 1.15 bits per heavy atom. The van der Waals surface area contributed by atoms with Crippen LogP contribution < -0.4 is 15.0 Å². The van der Waals surface area contributed by atoms with Crippen LogP contribution in [-0.2, 0) is 4.74 Å². The molecule has 3 aliphatic rings. The number of aliphatic hydroxyl groups is 1. The molecule has 0 spiro atoms. The van der Waals surface area contributed by atoms with Crippen LogP contribution in [0.3, 0.4) is 0 Å². The van der Waals surface area contributed by atoms with E-state index in [2.05, 4.69) is 10.2 Å². The van der Waals surface area contributed by atoms with Crippen LogP contribution in [0.4, 0.5) is 29.5 Å². The second-order valence-electron chi connectivity index (χ2n) is 11.8. The van der Waals surface area contributed by atoms with Gasteiger partial charge in [0, 0.05) is 44.4 Å². The van der Waals surface area contributed by atoms with Gasteiger partial charge in [-0.05, 0) is 86.8 Å². The highest BCUT2D eigenvalue weighted by atomic mass is 19.4. The molecule has 41 heavy (non-hydrogen) atoms. The number of nitrogens with zero attached hydrogens (tertiary/aromatic N) is 3. The summed E-state index contributed by atoms with van der Waals surface area (Å²) in [6.45, 7) is 6.89. The van der Waals surface area contributed by atoms with Crippen molar-refractivity contribution in [1.82, 2.24) is 9.88 Å². The monoisotopic (exact) mass is 576 g/mol. The van der Waals surface area contributed by atoms with E-state index in [-0.39, 0.29) is 12.6 Å². The predicted molar refractivity (Wildman–Crippen MR) is 150 cm³/mol. The summed E-state index contributed by atoms with van der Waals surface area (Å²) in [4.78, 5) is 21.3. The van der Waals surface area contributed by atoms with Crippen LogP contribution in [0.1, 0.15) is 51.0 Å². The molecule has 0 radical (unpaired) electrons. The lowest BCUT2D eigenvalue weighted by Crippen LogP contribution is -2.37. The minimum absolute atomic E-state index is 0.0381. The standard InChI is InChI=1S/C30H39F3N4O4/c1-20-3-4-23(34-28(38)37-10-7-21(19-37)18-30(31,32)33)17-25(20)22-15-26(36-11-13-40-14-12-36)35-27(16-22)41-24-5-8-29(2,39)9-6-24/h3-4,15-17,21,24,39H,5-14,18-19H2,1-2H3,(H,34,38)/t21-,24?,29?/m0/s1. The van der Waals surface area contributed by atoms with Gasteiger partial charge in [-0.3, -0.25) is 0 Å². The number of benzene rings is 1. The van der Waals surface area contributed by atoms with Gasteiger partial charge in [0.25, 0.3) is 0 Å². The Morgan fingerprint density at radius 2 is 1.88 bits per heavy atom. The number of hydrogen-bond acceptors (Lipinski definition) is 6. The van der Waals surface area contributed by atoms with Crippen molar-refractivity contribution in [3.8, 4) is 17.0 Å². The molecule has 2 N–H and O–H groups in total. The molecule has 1 aliphatic carbocycles. The Hall–Kier alpha value is -3.05. The van der Waals surface area contributed by atoms with Gasteiger partial charge in [-0.15, -0.1) is 0 Å². The van der Waals surface area contributed by atoms with Crippen LogP contribution in [0.2, 0.25) is 0 Å². The number of anilines is 2. The van der Waals surface area contributed by atoms with Crippen LogP contribution in [0.15, 0.2) is 30.3 Å². The maximum Gasteiger partial charge on any atom is 0.389 e. The Morgan fingerprint density at radius 3 is 2.59 bits per heavy atom. The molecule has 3 heterocycles. The van der Waals surface area contributed by atoms with Gasteiger partial charge in [-0.2, -0.15) is 18.2 Å². The SMILES string of the molecule is Cc1ccc(NC(=O)N2CC[C@@H](CC(F)(F)F)C2)cc1-c1cc(OC2CCC(C)(O)CC2)nc(N2CCOCC2)c1. The zero-order chi connectivity index (χ0) is 29.2. The van der Waals surface area contributed by atoms with E-state index in [1.165, 1.54) is 4.90 Å². The number of pyridine rings is 1. The first-order chi connectivity index (χ1) is 19.4. The summed E-state index contributed by atoms with van der Waals surface area (Å²) < 4.78 is 50.3. The number of carbonyl (C=O) groups excluding carboxylic acids is 1. The molecule has 2 amide bonds. The zero-order valence-corrected chi connectivity index (χ0v) is 23.7. The summed E-state index contributed by atoms with van der Waals surface area (Å²) in [6.07, 6.45) is -1.97. The highest BCUT2D eigenvalue weighted by Gasteiger charge is 2.36. The lowest BCUT2D eigenvalue weighted by Gasteiger charge is -2.33. The first-order valence-corrected chi connectivity index (χ1v) is 14.4. The van der Waals surface area contributed by atoms with Crippen molar-refractivity contribution < 1.29 is 32.5 Å². The molecule has 224 valence electrons. The molecule has 3 fully saturated rings. The van der Waals surface area contributed by atoms with E-state index < -0.39 is 30.1 Å². The molecular formula is C30H39F3N4O4. The number of alkyl halides is 3. The fraction of sp³-hybridized carbons (Fsp3) is 0.600. The topological polar surface area (TPSA) is 87.2 Å². The van der Waals surface area contributed by atoms with E-state index in [4.69, 9.17) is 14.5 Å². The molecule has 2 aliphatic heterocycles. The van der Waals surface area contributed by atoms with Gasteiger partial charge in [0.1, 0.15) is 11.9 Å². The predicted octanol–water partition coefficient (Wildman–Crippen LogP) is 5.77. The average Bonchev–Trinajstić information content (AvgIpc) is 3.38. The number of halogens is 3. The number of ether oxygens (including phenoxy) is 2. The summed E-state index contributed by atoms with van der Waals surface area (Å²) in [6, 6.07) is 9.13. The summed E-state index contributed by atoms with van der Waals surface area (Å²) in [5.41, 5.74) is 2.68. The molecule has 1 saturated carbocycles. The molecule has 0 unspecified atom stereocenters. The highest BCUT2D eigenvalue weighted by molar-refractivity contribution is 5.90. The third-order valence-electron chi connectivity index (χ3n) is 8.31. The molecule has 8 nitrogen and oxygen atoms in total. The summed E-state index contributed by atoms with van der Waals surface area (Å²) >= 11 is 0. The number of aromatic nitrogens is 1. The number of nitrogens with one attached hydrogen (secondary N) is 1. The van der Waals surface area contributed by atoms with Gasteiger partial charge in [0.2, 0.25) is 5.88 Å². The maximum absolute atomic E-state index is 12.9. The summed E-state index contributed by atoms with van der Waals surface area (Å²) in [5, 5.41) is 13.2. The fourth-order valence-corrected chi connectivity index (χ4v) is 5.89.